The zero-order valence-electron chi connectivity index (χ0n) is 20.2. The van der Waals surface area contributed by atoms with E-state index in [1.807, 2.05) is 13.2 Å². The fourth-order valence-corrected chi connectivity index (χ4v) is 8.88. The zero-order valence-corrected chi connectivity index (χ0v) is 21.1. The van der Waals surface area contributed by atoms with Crippen molar-refractivity contribution in [2.75, 3.05) is 12.0 Å². The maximum atomic E-state index is 13.7. The van der Waals surface area contributed by atoms with Crippen LogP contribution in [0.4, 0.5) is 0 Å². The molecule has 5 aliphatic carbocycles. The van der Waals surface area contributed by atoms with E-state index in [-0.39, 0.29) is 28.4 Å². The molecule has 6 heteroatoms. The van der Waals surface area contributed by atoms with E-state index in [2.05, 4.69) is 0 Å². The lowest BCUT2D eigenvalue weighted by Gasteiger charge is -2.56. The van der Waals surface area contributed by atoms with Gasteiger partial charge in [0.15, 0.2) is 5.78 Å². The van der Waals surface area contributed by atoms with Crippen LogP contribution >= 0.6 is 11.8 Å². The van der Waals surface area contributed by atoms with Gasteiger partial charge in [-0.1, -0.05) is 26.2 Å². The van der Waals surface area contributed by atoms with Crippen molar-refractivity contribution >= 4 is 29.4 Å². The van der Waals surface area contributed by atoms with Crippen LogP contribution in [0.3, 0.4) is 0 Å². The van der Waals surface area contributed by atoms with E-state index in [1.54, 1.807) is 11.8 Å². The molecule has 6 rings (SSSR count). The molecule has 1 atom stereocenters. The van der Waals surface area contributed by atoms with E-state index in [9.17, 15) is 19.5 Å². The number of thioether (sulfide) groups is 1. The van der Waals surface area contributed by atoms with Gasteiger partial charge in [0.05, 0.1) is 6.04 Å². The number of rotatable bonds is 7. The highest BCUT2D eigenvalue weighted by atomic mass is 32.2. The number of carbonyl (C=O) groups excluding carboxylic acids is 3. The van der Waals surface area contributed by atoms with E-state index in [4.69, 9.17) is 0 Å². The van der Waals surface area contributed by atoms with E-state index >= 15 is 0 Å². The van der Waals surface area contributed by atoms with Gasteiger partial charge in [-0.2, -0.15) is 11.8 Å². The first-order chi connectivity index (χ1) is 15.8. The molecule has 6 aliphatic rings. The molecule has 1 N–H and O–H groups in total. The van der Waals surface area contributed by atoms with Crippen molar-refractivity contribution in [1.29, 1.82) is 0 Å². The van der Waals surface area contributed by atoms with Crippen LogP contribution in [0.1, 0.15) is 90.4 Å². The predicted molar refractivity (Wildman–Crippen MR) is 130 cm³/mol. The topological polar surface area (TPSA) is 74.7 Å². The van der Waals surface area contributed by atoms with Gasteiger partial charge in [-0.15, -0.1) is 0 Å². The lowest BCUT2D eigenvalue weighted by molar-refractivity contribution is -0.152. The normalized spacial score (nSPS) is 37.2. The smallest absolute Gasteiger partial charge is 0.268 e. The van der Waals surface area contributed by atoms with Crippen molar-refractivity contribution in [1.82, 2.24) is 4.90 Å². The second-order valence-corrected chi connectivity index (χ2v) is 13.2. The Bertz CT molecular complexity index is 836. The molecule has 5 nitrogen and oxygen atoms in total. The Kier molecular flexibility index (Phi) is 6.20. The summed E-state index contributed by atoms with van der Waals surface area (Å²) in [6.45, 7) is 1.96. The first-order valence-corrected chi connectivity index (χ1v) is 14.5. The molecule has 182 valence electrons. The molecule has 0 aromatic rings. The van der Waals surface area contributed by atoms with Crippen LogP contribution < -0.4 is 0 Å². The second-order valence-electron chi connectivity index (χ2n) is 12.2. The Morgan fingerprint density at radius 2 is 1.61 bits per heavy atom. The van der Waals surface area contributed by atoms with Crippen molar-refractivity contribution in [2.24, 2.45) is 28.6 Å². The summed E-state index contributed by atoms with van der Waals surface area (Å²) in [5.74, 6) is 1.80. The molecule has 0 aromatic heterocycles. The Labute approximate surface area is 202 Å². The average molecular weight is 474 g/mol. The van der Waals surface area contributed by atoms with E-state index in [0.717, 1.165) is 74.9 Å². The quantitative estimate of drug-likeness (QED) is 0.394. The van der Waals surface area contributed by atoms with Crippen LogP contribution in [0.15, 0.2) is 11.3 Å². The highest BCUT2D eigenvalue weighted by Gasteiger charge is 2.54. The first kappa shape index (κ1) is 23.4. The SMILES string of the molecule is CSCCC1C(O)=C(C(=O)CC23CC4CC(CC(C4)C2)C3)C(=O)N1C(=O)C1(C)CCCCC1. The molecule has 33 heavy (non-hydrogen) atoms. The molecule has 5 fully saturated rings. The molecule has 0 aromatic carbocycles. The summed E-state index contributed by atoms with van der Waals surface area (Å²) in [5.41, 5.74) is -0.657. The van der Waals surface area contributed by atoms with Crippen LogP contribution in [-0.2, 0) is 14.4 Å². The summed E-state index contributed by atoms with van der Waals surface area (Å²) in [6.07, 6.45) is 14.6. The number of hydrogen-bond donors (Lipinski definition) is 1. The zero-order chi connectivity index (χ0) is 23.4. The summed E-state index contributed by atoms with van der Waals surface area (Å²) in [6, 6.07) is -0.688. The highest BCUT2D eigenvalue weighted by Crippen LogP contribution is 2.61. The molecule has 0 saturated heterocycles. The van der Waals surface area contributed by atoms with Crippen LogP contribution in [-0.4, -0.2) is 45.7 Å². The fourth-order valence-electron chi connectivity index (χ4n) is 8.42. The molecule has 5 saturated carbocycles. The summed E-state index contributed by atoms with van der Waals surface area (Å²) < 4.78 is 0. The van der Waals surface area contributed by atoms with Gasteiger partial charge in [0.1, 0.15) is 11.3 Å². The molecule has 2 amide bonds. The third kappa shape index (κ3) is 4.08. The lowest BCUT2D eigenvalue weighted by atomic mass is 9.48. The lowest BCUT2D eigenvalue weighted by Crippen LogP contribution is -2.49. The molecule has 0 spiro atoms. The Balaban J connectivity index is 1.39. The minimum Gasteiger partial charge on any atom is -0.509 e. The fraction of sp³-hybridized carbons (Fsp3) is 0.815. The molecular formula is C27H39NO4S. The number of hydrogen-bond acceptors (Lipinski definition) is 5. The summed E-state index contributed by atoms with van der Waals surface area (Å²) in [7, 11) is 0. The number of carbonyl (C=O) groups is 3. The van der Waals surface area contributed by atoms with Crippen molar-refractivity contribution in [3.8, 4) is 0 Å². The van der Waals surface area contributed by atoms with E-state index in [1.165, 1.54) is 24.2 Å². The third-order valence-corrected chi connectivity index (χ3v) is 10.2. The van der Waals surface area contributed by atoms with E-state index < -0.39 is 17.4 Å². The van der Waals surface area contributed by atoms with Gasteiger partial charge in [-0.3, -0.25) is 19.3 Å². The van der Waals surface area contributed by atoms with E-state index in [0.29, 0.717) is 12.8 Å². The third-order valence-electron chi connectivity index (χ3n) is 9.58. The maximum Gasteiger partial charge on any atom is 0.268 e. The van der Waals surface area contributed by atoms with Crippen LogP contribution in [0, 0.1) is 28.6 Å². The van der Waals surface area contributed by atoms with Gasteiger partial charge in [0.2, 0.25) is 5.91 Å². The minimum atomic E-state index is -0.688. The Hall–Kier alpha value is -1.30. The Morgan fingerprint density at radius 1 is 1.03 bits per heavy atom. The number of amides is 2. The highest BCUT2D eigenvalue weighted by molar-refractivity contribution is 7.98. The predicted octanol–water partition coefficient (Wildman–Crippen LogP) is 5.44. The number of Topliss-reactive ketones (excluding diaryl/α,β-unsaturated/α-hetero) is 1. The van der Waals surface area contributed by atoms with Crippen molar-refractivity contribution in [3.05, 3.63) is 11.3 Å². The number of ketones is 1. The van der Waals surface area contributed by atoms with Crippen LogP contribution in [0.25, 0.3) is 0 Å². The van der Waals surface area contributed by atoms with Crippen LogP contribution in [0.2, 0.25) is 0 Å². The van der Waals surface area contributed by atoms with Gasteiger partial charge < -0.3 is 5.11 Å². The molecule has 4 bridgehead atoms. The molecule has 1 unspecified atom stereocenters. The molecule has 1 heterocycles. The number of aliphatic hydroxyl groups excluding tert-OH is 1. The van der Waals surface area contributed by atoms with Crippen LogP contribution in [0.5, 0.6) is 0 Å². The van der Waals surface area contributed by atoms with Gasteiger partial charge in [0, 0.05) is 11.8 Å². The second kappa shape index (κ2) is 8.73. The van der Waals surface area contributed by atoms with Gasteiger partial charge in [-0.05, 0) is 93.0 Å². The first-order valence-electron chi connectivity index (χ1n) is 13.1. The van der Waals surface area contributed by atoms with Gasteiger partial charge >= 0.3 is 0 Å². The number of aliphatic hydroxyl groups is 1. The van der Waals surface area contributed by atoms with Crippen molar-refractivity contribution in [2.45, 2.75) is 96.4 Å². The minimum absolute atomic E-state index is 0.000931. The van der Waals surface area contributed by atoms with Crippen molar-refractivity contribution < 1.29 is 19.5 Å². The van der Waals surface area contributed by atoms with Crippen molar-refractivity contribution in [3.63, 3.8) is 0 Å². The number of imide groups is 1. The summed E-state index contributed by atoms with van der Waals surface area (Å²) in [4.78, 5) is 42.2. The monoisotopic (exact) mass is 473 g/mol. The Morgan fingerprint density at radius 3 is 2.15 bits per heavy atom. The number of nitrogens with zero attached hydrogens (tertiary/aromatic N) is 1. The van der Waals surface area contributed by atoms with Gasteiger partial charge in [-0.25, -0.2) is 0 Å². The van der Waals surface area contributed by atoms with Gasteiger partial charge in [0.25, 0.3) is 5.91 Å². The molecule has 0 radical (unpaired) electrons. The average Bonchev–Trinajstić information content (AvgIpc) is 3.00. The largest absolute Gasteiger partial charge is 0.509 e. The standard InChI is InChI=1S/C27H39NO4S/c1-26(7-4-3-5-8-26)25(32)28-20(6-9-33-2)23(30)22(24(28)31)21(29)16-27-13-17-10-18(14-27)12-19(11-17)15-27/h17-20,30H,3-16H2,1-2H3. The maximum absolute atomic E-state index is 13.7. The molecular weight excluding hydrogens is 434 g/mol. The summed E-state index contributed by atoms with van der Waals surface area (Å²) in [5, 5.41) is 11.2. The molecule has 1 aliphatic heterocycles. The summed E-state index contributed by atoms with van der Waals surface area (Å²) >= 11 is 1.63.